The van der Waals surface area contributed by atoms with Crippen LogP contribution in [0.25, 0.3) is 0 Å². The van der Waals surface area contributed by atoms with E-state index in [1.807, 2.05) is 0 Å². The zero-order valence-corrected chi connectivity index (χ0v) is 5.74. The van der Waals surface area contributed by atoms with E-state index in [1.54, 1.807) is 0 Å². The van der Waals surface area contributed by atoms with Crippen molar-refractivity contribution in [3.8, 4) is 0 Å². The van der Waals surface area contributed by atoms with E-state index in [-0.39, 0.29) is 6.20 Å². The standard InChI is InChI=1S/C5HF6N2/c6-4(7,8)3-1-12-13(2-3)5(9,10)11/h2H. The molecule has 0 amide bonds. The monoisotopic (exact) mass is 203 g/mol. The Morgan fingerprint density at radius 2 is 1.69 bits per heavy atom. The molecule has 1 aromatic heterocycles. The van der Waals surface area contributed by atoms with Gasteiger partial charge in [0.25, 0.3) is 0 Å². The molecular formula is C5HF6N2. The van der Waals surface area contributed by atoms with Crippen molar-refractivity contribution < 1.29 is 26.3 Å². The summed E-state index contributed by atoms with van der Waals surface area (Å²) in [6, 6.07) is 0. The van der Waals surface area contributed by atoms with Crippen LogP contribution in [0.2, 0.25) is 0 Å². The second-order valence-corrected chi connectivity index (χ2v) is 2.06. The van der Waals surface area contributed by atoms with Crippen LogP contribution < -0.4 is 0 Å². The minimum atomic E-state index is -4.94. The Morgan fingerprint density at radius 3 is 1.92 bits per heavy atom. The molecular weight excluding hydrogens is 202 g/mol. The van der Waals surface area contributed by atoms with E-state index in [2.05, 4.69) is 5.10 Å². The van der Waals surface area contributed by atoms with E-state index in [0.29, 0.717) is 0 Å². The van der Waals surface area contributed by atoms with Crippen molar-refractivity contribution >= 4 is 0 Å². The first-order chi connectivity index (χ1) is 5.71. The third-order valence-corrected chi connectivity index (χ3v) is 1.09. The molecule has 0 spiro atoms. The average Bonchev–Trinajstić information content (AvgIpc) is 2.28. The molecule has 0 N–H and O–H groups in total. The van der Waals surface area contributed by atoms with Crippen LogP contribution in [0.4, 0.5) is 26.3 Å². The number of alkyl halides is 6. The number of halogens is 6. The number of nitrogens with zero attached hydrogens (tertiary/aromatic N) is 2. The molecule has 0 atom stereocenters. The van der Waals surface area contributed by atoms with Crippen LogP contribution in [0.3, 0.4) is 0 Å². The quantitative estimate of drug-likeness (QED) is 0.591. The second-order valence-electron chi connectivity index (χ2n) is 2.06. The van der Waals surface area contributed by atoms with Crippen LogP contribution >= 0.6 is 0 Å². The van der Waals surface area contributed by atoms with Crippen LogP contribution in [0, 0.1) is 6.20 Å². The molecule has 0 fully saturated rings. The van der Waals surface area contributed by atoms with Crippen LogP contribution in [0.15, 0.2) is 6.20 Å². The Morgan fingerprint density at radius 1 is 1.15 bits per heavy atom. The molecule has 0 aromatic carbocycles. The van der Waals surface area contributed by atoms with Crippen molar-refractivity contribution in [2.75, 3.05) is 0 Å². The topological polar surface area (TPSA) is 17.8 Å². The lowest BCUT2D eigenvalue weighted by Crippen LogP contribution is -2.17. The van der Waals surface area contributed by atoms with Gasteiger partial charge in [-0.2, -0.15) is 23.0 Å². The molecule has 0 bridgehead atoms. The number of rotatable bonds is 0. The maximum Gasteiger partial charge on any atom is 0.504 e. The molecule has 0 saturated heterocycles. The van der Waals surface area contributed by atoms with Crippen molar-refractivity contribution in [2.45, 2.75) is 12.5 Å². The predicted octanol–water partition coefficient (Wildman–Crippen LogP) is 2.18. The third kappa shape index (κ3) is 2.13. The number of hydrogen-bond acceptors (Lipinski definition) is 1. The van der Waals surface area contributed by atoms with E-state index in [1.165, 1.54) is 6.20 Å². The summed E-state index contributed by atoms with van der Waals surface area (Å²) in [6.45, 7) is 0. The van der Waals surface area contributed by atoms with Gasteiger partial charge in [0.2, 0.25) is 0 Å². The van der Waals surface area contributed by atoms with Gasteiger partial charge in [-0.15, -0.1) is 13.2 Å². The lowest BCUT2D eigenvalue weighted by molar-refractivity contribution is -0.212. The van der Waals surface area contributed by atoms with Crippen LogP contribution in [0.1, 0.15) is 5.56 Å². The highest BCUT2D eigenvalue weighted by Gasteiger charge is 2.38. The molecule has 8 heteroatoms. The van der Waals surface area contributed by atoms with Gasteiger partial charge >= 0.3 is 12.5 Å². The summed E-state index contributed by atoms with van der Waals surface area (Å²) >= 11 is 0. The smallest absolute Gasteiger partial charge is 0.178 e. The zero-order valence-electron chi connectivity index (χ0n) is 5.74. The summed E-state index contributed by atoms with van der Waals surface area (Å²) in [7, 11) is 0. The molecule has 1 heterocycles. The summed E-state index contributed by atoms with van der Waals surface area (Å²) in [5.41, 5.74) is -1.55. The molecule has 0 aliphatic rings. The molecule has 73 valence electrons. The van der Waals surface area contributed by atoms with E-state index < -0.39 is 22.7 Å². The summed E-state index contributed by atoms with van der Waals surface area (Å²) in [5.74, 6) is 0. The minimum absolute atomic E-state index is 0.167. The number of hydrogen-bond donors (Lipinski definition) is 0. The fourth-order valence-corrected chi connectivity index (χ4v) is 0.554. The summed E-state index contributed by atoms with van der Waals surface area (Å²) in [6.07, 6.45) is -8.75. The fourth-order valence-electron chi connectivity index (χ4n) is 0.554. The Bertz CT molecular complexity index is 266. The van der Waals surface area contributed by atoms with Gasteiger partial charge in [0, 0.05) is 6.20 Å². The Hall–Kier alpha value is -1.21. The van der Waals surface area contributed by atoms with Crippen molar-refractivity contribution in [2.24, 2.45) is 0 Å². The van der Waals surface area contributed by atoms with Gasteiger partial charge in [0.15, 0.2) is 0 Å². The Balaban J connectivity index is 3.01. The summed E-state index contributed by atoms with van der Waals surface area (Å²) < 4.78 is 69.6. The van der Waals surface area contributed by atoms with Crippen LogP contribution in [0.5, 0.6) is 0 Å². The van der Waals surface area contributed by atoms with Gasteiger partial charge in [-0.05, 0) is 0 Å². The fraction of sp³-hybridized carbons (Fsp3) is 0.400. The van der Waals surface area contributed by atoms with Gasteiger partial charge < -0.3 is 0 Å². The van der Waals surface area contributed by atoms with E-state index in [9.17, 15) is 26.3 Å². The lowest BCUT2D eigenvalue weighted by Gasteiger charge is -2.04. The van der Waals surface area contributed by atoms with Crippen LogP contribution in [-0.2, 0) is 12.5 Å². The van der Waals surface area contributed by atoms with Gasteiger partial charge in [0.1, 0.15) is 11.8 Å². The first-order valence-corrected chi connectivity index (χ1v) is 2.83. The molecule has 1 radical (unpaired) electrons. The zero-order chi connectivity index (χ0) is 10.3. The first-order valence-electron chi connectivity index (χ1n) is 2.83. The highest BCUT2D eigenvalue weighted by atomic mass is 19.4. The molecule has 0 aliphatic carbocycles. The molecule has 2 nitrogen and oxygen atoms in total. The van der Waals surface area contributed by atoms with Crippen molar-refractivity contribution in [1.82, 2.24) is 9.78 Å². The second kappa shape index (κ2) is 2.64. The van der Waals surface area contributed by atoms with E-state index in [0.717, 1.165) is 0 Å². The summed E-state index contributed by atoms with van der Waals surface area (Å²) in [5, 5.41) is 2.40. The Kier molecular flexibility index (Phi) is 2.01. The molecule has 0 unspecified atom stereocenters. The third-order valence-electron chi connectivity index (χ3n) is 1.09. The highest BCUT2D eigenvalue weighted by molar-refractivity contribution is 5.06. The molecule has 1 aromatic rings. The van der Waals surface area contributed by atoms with Crippen LogP contribution in [-0.4, -0.2) is 9.78 Å². The van der Waals surface area contributed by atoms with Gasteiger partial charge in [-0.1, -0.05) is 0 Å². The van der Waals surface area contributed by atoms with Crippen molar-refractivity contribution in [1.29, 1.82) is 0 Å². The van der Waals surface area contributed by atoms with Gasteiger partial charge in [0.05, 0.1) is 0 Å². The lowest BCUT2D eigenvalue weighted by atomic mass is 10.4. The largest absolute Gasteiger partial charge is 0.504 e. The highest BCUT2D eigenvalue weighted by Crippen LogP contribution is 2.30. The maximum absolute atomic E-state index is 11.7. The summed E-state index contributed by atoms with van der Waals surface area (Å²) in [4.78, 5) is 0. The predicted molar refractivity (Wildman–Crippen MR) is 27.4 cm³/mol. The number of aromatic nitrogens is 2. The molecule has 0 saturated carbocycles. The van der Waals surface area contributed by atoms with E-state index in [4.69, 9.17) is 0 Å². The average molecular weight is 203 g/mol. The normalized spacial score (nSPS) is 13.4. The first kappa shape index (κ1) is 9.87. The van der Waals surface area contributed by atoms with Crippen molar-refractivity contribution in [3.63, 3.8) is 0 Å². The molecule has 1 rings (SSSR count). The molecule has 0 aliphatic heterocycles. The van der Waals surface area contributed by atoms with Crippen molar-refractivity contribution in [3.05, 3.63) is 18.0 Å². The minimum Gasteiger partial charge on any atom is -0.178 e. The SMILES string of the molecule is FC(F)(F)c1[c]nn(C(F)(F)F)c1. The van der Waals surface area contributed by atoms with Gasteiger partial charge in [-0.3, -0.25) is 0 Å². The van der Waals surface area contributed by atoms with E-state index >= 15 is 0 Å². The van der Waals surface area contributed by atoms with Gasteiger partial charge in [-0.25, -0.2) is 0 Å². The molecule has 13 heavy (non-hydrogen) atoms. The Labute approximate surface area is 67.8 Å². The maximum atomic E-state index is 11.7.